The Morgan fingerprint density at radius 1 is 0.788 bits per heavy atom. The number of hydrogen-bond acceptors (Lipinski definition) is 8. The molecule has 0 saturated carbocycles. The number of carbonyl (C=O) groups excluding carboxylic acids is 3. The lowest BCUT2D eigenvalue weighted by Crippen LogP contribution is -2.39. The zero-order valence-corrected chi connectivity index (χ0v) is 20.2. The molecule has 0 aliphatic rings. The molecular weight excluding hydrogens is 428 g/mol. The maximum Gasteiger partial charge on any atom is 0.330 e. The van der Waals surface area contributed by atoms with E-state index in [2.05, 4.69) is 17.9 Å². The summed E-state index contributed by atoms with van der Waals surface area (Å²) in [4.78, 5) is 34.6. The lowest BCUT2D eigenvalue weighted by Gasteiger charge is -2.29. The van der Waals surface area contributed by atoms with E-state index in [9.17, 15) is 24.6 Å². The van der Waals surface area contributed by atoms with Crippen LogP contribution in [0, 0.1) is 0 Å². The van der Waals surface area contributed by atoms with Crippen molar-refractivity contribution in [3.05, 3.63) is 25.3 Å². The molecule has 0 aromatic carbocycles. The summed E-state index contributed by atoms with van der Waals surface area (Å²) in [5, 5.41) is 21.3. The van der Waals surface area contributed by atoms with Gasteiger partial charge in [0.1, 0.15) is 12.2 Å². The van der Waals surface area contributed by atoms with E-state index in [-0.39, 0.29) is 12.4 Å². The summed E-state index contributed by atoms with van der Waals surface area (Å²) >= 11 is 0. The summed E-state index contributed by atoms with van der Waals surface area (Å²) in [5.41, 5.74) is 0. The Bertz CT molecular complexity index is 589. The summed E-state index contributed by atoms with van der Waals surface area (Å²) in [7, 11) is 1.37. The van der Waals surface area contributed by atoms with Crippen LogP contribution in [0.1, 0.15) is 84.0 Å². The van der Waals surface area contributed by atoms with Crippen LogP contribution in [0.4, 0.5) is 0 Å². The third-order valence-electron chi connectivity index (χ3n) is 5.40. The molecule has 0 heterocycles. The number of hydrogen-bond donors (Lipinski definition) is 2. The third kappa shape index (κ3) is 15.3. The molecule has 33 heavy (non-hydrogen) atoms. The second-order valence-electron chi connectivity index (χ2n) is 8.11. The van der Waals surface area contributed by atoms with Crippen LogP contribution in [0.3, 0.4) is 0 Å². The van der Waals surface area contributed by atoms with E-state index in [1.165, 1.54) is 7.11 Å². The van der Waals surface area contributed by atoms with Gasteiger partial charge in [-0.1, -0.05) is 58.6 Å². The van der Waals surface area contributed by atoms with Crippen LogP contribution in [0.2, 0.25) is 0 Å². The van der Waals surface area contributed by atoms with Gasteiger partial charge in [0.05, 0.1) is 19.3 Å². The van der Waals surface area contributed by atoms with E-state index in [1.54, 1.807) is 0 Å². The van der Waals surface area contributed by atoms with Crippen LogP contribution < -0.4 is 0 Å². The van der Waals surface area contributed by atoms with Gasteiger partial charge in [-0.25, -0.2) is 9.59 Å². The largest absolute Gasteiger partial charge is 0.469 e. The molecule has 0 aliphatic carbocycles. The molecule has 0 rings (SSSR count). The van der Waals surface area contributed by atoms with Gasteiger partial charge in [-0.2, -0.15) is 0 Å². The maximum atomic E-state index is 11.8. The van der Waals surface area contributed by atoms with Gasteiger partial charge in [-0.3, -0.25) is 4.79 Å². The first-order chi connectivity index (χ1) is 15.8. The predicted octanol–water partition coefficient (Wildman–Crippen LogP) is 3.78. The smallest absolute Gasteiger partial charge is 0.330 e. The first-order valence-electron chi connectivity index (χ1n) is 11.9. The molecule has 0 aromatic heterocycles. The average Bonchev–Trinajstić information content (AvgIpc) is 2.81. The molecule has 8 heteroatoms. The molecule has 4 unspecified atom stereocenters. The van der Waals surface area contributed by atoms with Gasteiger partial charge in [0.15, 0.2) is 0 Å². The van der Waals surface area contributed by atoms with Gasteiger partial charge in [0.2, 0.25) is 0 Å². The number of ether oxygens (including phenoxy) is 3. The number of aliphatic hydroxyl groups is 2. The minimum atomic E-state index is -1.13. The SMILES string of the molecule is C=CC(=O)OC(CCCCCCCC(=O)OC)C(O)CC(OC(=O)C=C)C(O)CCCCC. The lowest BCUT2D eigenvalue weighted by atomic mass is 9.96. The van der Waals surface area contributed by atoms with Gasteiger partial charge < -0.3 is 24.4 Å². The molecule has 190 valence electrons. The van der Waals surface area contributed by atoms with Crippen molar-refractivity contribution in [1.29, 1.82) is 0 Å². The van der Waals surface area contributed by atoms with Crippen LogP contribution in [0.15, 0.2) is 25.3 Å². The Kier molecular flexibility index (Phi) is 18.0. The monoisotopic (exact) mass is 470 g/mol. The molecule has 0 radical (unpaired) electrons. The quantitative estimate of drug-likeness (QED) is 0.119. The number of aliphatic hydroxyl groups excluding tert-OH is 2. The Labute approximate surface area is 198 Å². The highest BCUT2D eigenvalue weighted by Gasteiger charge is 2.31. The van der Waals surface area contributed by atoms with Gasteiger partial charge in [0, 0.05) is 25.0 Å². The van der Waals surface area contributed by atoms with Crippen molar-refractivity contribution in [1.82, 2.24) is 0 Å². The molecule has 0 saturated heterocycles. The van der Waals surface area contributed by atoms with Crippen molar-refractivity contribution in [2.24, 2.45) is 0 Å². The minimum absolute atomic E-state index is 0.0684. The summed E-state index contributed by atoms with van der Waals surface area (Å²) in [6.07, 6.45) is 6.09. The fourth-order valence-electron chi connectivity index (χ4n) is 3.43. The van der Waals surface area contributed by atoms with Crippen molar-refractivity contribution in [2.75, 3.05) is 7.11 Å². The van der Waals surface area contributed by atoms with Gasteiger partial charge in [-0.05, 0) is 25.7 Å². The highest BCUT2D eigenvalue weighted by Crippen LogP contribution is 2.21. The maximum absolute atomic E-state index is 11.8. The summed E-state index contributed by atoms with van der Waals surface area (Å²) < 4.78 is 15.2. The third-order valence-corrected chi connectivity index (χ3v) is 5.40. The van der Waals surface area contributed by atoms with Gasteiger partial charge >= 0.3 is 17.9 Å². The number of unbranched alkanes of at least 4 members (excludes halogenated alkanes) is 6. The van der Waals surface area contributed by atoms with Crippen LogP contribution in [-0.2, 0) is 28.6 Å². The molecule has 0 aromatic rings. The Morgan fingerprint density at radius 2 is 1.33 bits per heavy atom. The number of esters is 3. The van der Waals surface area contributed by atoms with Gasteiger partial charge in [-0.15, -0.1) is 0 Å². The first kappa shape index (κ1) is 30.8. The summed E-state index contributed by atoms with van der Waals surface area (Å²) in [5.74, 6) is -1.56. The molecule has 2 N–H and O–H groups in total. The van der Waals surface area contributed by atoms with Gasteiger partial charge in [0.25, 0.3) is 0 Å². The molecule has 0 spiro atoms. The first-order valence-corrected chi connectivity index (χ1v) is 11.9. The molecule has 0 aliphatic heterocycles. The van der Waals surface area contributed by atoms with E-state index in [0.717, 1.165) is 57.1 Å². The Hall–Kier alpha value is -2.19. The topological polar surface area (TPSA) is 119 Å². The van der Waals surface area contributed by atoms with E-state index in [4.69, 9.17) is 9.47 Å². The zero-order valence-electron chi connectivity index (χ0n) is 20.2. The second-order valence-corrected chi connectivity index (χ2v) is 8.11. The van der Waals surface area contributed by atoms with Crippen molar-refractivity contribution in [3.8, 4) is 0 Å². The fourth-order valence-corrected chi connectivity index (χ4v) is 3.43. The van der Waals surface area contributed by atoms with E-state index >= 15 is 0 Å². The minimum Gasteiger partial charge on any atom is -0.469 e. The lowest BCUT2D eigenvalue weighted by molar-refractivity contribution is -0.159. The van der Waals surface area contributed by atoms with Crippen molar-refractivity contribution < 1.29 is 38.8 Å². The highest BCUT2D eigenvalue weighted by molar-refractivity contribution is 5.81. The summed E-state index contributed by atoms with van der Waals surface area (Å²) in [6, 6.07) is 0. The summed E-state index contributed by atoms with van der Waals surface area (Å²) in [6.45, 7) is 8.81. The molecule has 4 atom stereocenters. The molecule has 0 bridgehead atoms. The molecule has 0 amide bonds. The molecule has 0 fully saturated rings. The predicted molar refractivity (Wildman–Crippen MR) is 125 cm³/mol. The number of rotatable bonds is 20. The highest BCUT2D eigenvalue weighted by atomic mass is 16.6. The fraction of sp³-hybridized carbons (Fsp3) is 0.720. The van der Waals surface area contributed by atoms with Crippen LogP contribution >= 0.6 is 0 Å². The molecule has 8 nitrogen and oxygen atoms in total. The normalized spacial score (nSPS) is 14.4. The van der Waals surface area contributed by atoms with Crippen molar-refractivity contribution in [2.45, 2.75) is 108 Å². The van der Waals surface area contributed by atoms with Crippen LogP contribution in [0.5, 0.6) is 0 Å². The Balaban J connectivity index is 4.86. The van der Waals surface area contributed by atoms with Crippen molar-refractivity contribution in [3.63, 3.8) is 0 Å². The Morgan fingerprint density at radius 3 is 1.91 bits per heavy atom. The second kappa shape index (κ2) is 19.3. The van der Waals surface area contributed by atoms with E-state index in [1.807, 2.05) is 6.92 Å². The van der Waals surface area contributed by atoms with Crippen molar-refractivity contribution >= 4 is 17.9 Å². The average molecular weight is 471 g/mol. The standard InChI is InChI=1S/C25H42O8/c1-5-8-12-15-19(26)22(33-24(29)7-3)18-20(27)21(32-23(28)6-2)16-13-10-9-11-14-17-25(30)31-4/h6-7,19-22,26-27H,2-3,5,8-18H2,1,4H3. The molecular formula is C25H42O8. The van der Waals surface area contributed by atoms with E-state index in [0.29, 0.717) is 25.7 Å². The van der Waals surface area contributed by atoms with Crippen LogP contribution in [-0.4, -0.2) is 59.6 Å². The van der Waals surface area contributed by atoms with Crippen LogP contribution in [0.25, 0.3) is 0 Å². The number of carbonyl (C=O) groups is 3. The number of methoxy groups -OCH3 is 1. The van der Waals surface area contributed by atoms with E-state index < -0.39 is 36.4 Å². The zero-order chi connectivity index (χ0) is 25.1.